The summed E-state index contributed by atoms with van der Waals surface area (Å²) in [5, 5.41) is 0. The maximum atomic E-state index is 11.9. The summed E-state index contributed by atoms with van der Waals surface area (Å²) in [7, 11) is 0. The van der Waals surface area contributed by atoms with Crippen LogP contribution in [0.5, 0.6) is 0 Å². The highest BCUT2D eigenvalue weighted by Crippen LogP contribution is 2.22. The number of hydrogen-bond donors (Lipinski definition) is 0. The fourth-order valence-electron chi connectivity index (χ4n) is 1.92. The number of nitrogens with zero attached hydrogens (tertiary/aromatic N) is 1. The molecule has 1 aromatic carbocycles. The van der Waals surface area contributed by atoms with Crippen LogP contribution in [-0.2, 0) is 4.79 Å². The van der Waals surface area contributed by atoms with Gasteiger partial charge < -0.3 is 0 Å². The molecule has 1 aromatic rings. The molecule has 0 aromatic heterocycles. The smallest absolute Gasteiger partial charge is 0.261 e. The van der Waals surface area contributed by atoms with E-state index in [1.54, 1.807) is 24.3 Å². The van der Waals surface area contributed by atoms with Gasteiger partial charge in [-0.05, 0) is 18.6 Å². The van der Waals surface area contributed by atoms with Crippen LogP contribution in [0.1, 0.15) is 40.5 Å². The van der Waals surface area contributed by atoms with E-state index >= 15 is 0 Å². The van der Waals surface area contributed by atoms with E-state index in [0.717, 1.165) is 11.3 Å². The second-order valence-corrected chi connectivity index (χ2v) is 4.03. The average molecular weight is 231 g/mol. The summed E-state index contributed by atoms with van der Waals surface area (Å²) in [6, 6.07) is 6.64. The van der Waals surface area contributed by atoms with Crippen LogP contribution in [0, 0.1) is 0 Å². The van der Waals surface area contributed by atoms with Crippen LogP contribution in [0.3, 0.4) is 0 Å². The maximum absolute atomic E-state index is 11.9. The molecule has 0 radical (unpaired) electrons. The molecule has 0 spiro atoms. The van der Waals surface area contributed by atoms with Crippen molar-refractivity contribution in [2.45, 2.75) is 19.8 Å². The molecular formula is C13H13NO3. The van der Waals surface area contributed by atoms with E-state index in [1.807, 2.05) is 6.92 Å². The Morgan fingerprint density at radius 1 is 1.12 bits per heavy atom. The van der Waals surface area contributed by atoms with Crippen molar-refractivity contribution in [3.8, 4) is 0 Å². The van der Waals surface area contributed by atoms with Gasteiger partial charge in [-0.25, -0.2) is 0 Å². The second kappa shape index (κ2) is 4.49. The molecule has 88 valence electrons. The second-order valence-electron chi connectivity index (χ2n) is 4.03. The molecule has 1 aliphatic rings. The summed E-state index contributed by atoms with van der Waals surface area (Å²) < 4.78 is 0. The van der Waals surface area contributed by atoms with Gasteiger partial charge in [0.25, 0.3) is 11.8 Å². The molecule has 4 heteroatoms. The molecule has 0 fully saturated rings. The third-order valence-corrected chi connectivity index (χ3v) is 2.74. The predicted molar refractivity (Wildman–Crippen MR) is 61.7 cm³/mol. The molecular weight excluding hydrogens is 218 g/mol. The molecule has 0 saturated heterocycles. The van der Waals surface area contributed by atoms with E-state index in [4.69, 9.17) is 0 Å². The quantitative estimate of drug-likeness (QED) is 0.740. The van der Waals surface area contributed by atoms with Gasteiger partial charge in [-0.3, -0.25) is 19.3 Å². The molecule has 2 amide bonds. The van der Waals surface area contributed by atoms with E-state index < -0.39 is 0 Å². The van der Waals surface area contributed by atoms with Gasteiger partial charge in [0.15, 0.2) is 5.78 Å². The van der Waals surface area contributed by atoms with Crippen molar-refractivity contribution in [3.63, 3.8) is 0 Å². The van der Waals surface area contributed by atoms with E-state index in [-0.39, 0.29) is 24.1 Å². The summed E-state index contributed by atoms with van der Waals surface area (Å²) in [5.74, 6) is -0.813. The van der Waals surface area contributed by atoms with Crippen LogP contribution in [0.25, 0.3) is 0 Å². The summed E-state index contributed by atoms with van der Waals surface area (Å²) >= 11 is 0. The van der Waals surface area contributed by atoms with E-state index in [1.165, 1.54) is 0 Å². The molecule has 1 heterocycles. The molecule has 0 unspecified atom stereocenters. The molecule has 0 N–H and O–H groups in total. The topological polar surface area (TPSA) is 54.5 Å². The number of fused-ring (bicyclic) bond motifs is 1. The van der Waals surface area contributed by atoms with Crippen molar-refractivity contribution < 1.29 is 14.4 Å². The number of ketones is 1. The van der Waals surface area contributed by atoms with Crippen LogP contribution in [0.4, 0.5) is 0 Å². The maximum Gasteiger partial charge on any atom is 0.261 e. The summed E-state index contributed by atoms with van der Waals surface area (Å²) in [6.07, 6.45) is 1.12. The molecule has 2 rings (SSSR count). The predicted octanol–water partition coefficient (Wildman–Crippen LogP) is 1.65. The Morgan fingerprint density at radius 3 is 2.12 bits per heavy atom. The Morgan fingerprint density at radius 2 is 1.65 bits per heavy atom. The monoisotopic (exact) mass is 231 g/mol. The standard InChI is InChI=1S/C13H13NO3/c1-2-5-9(15)8-14-12(16)10-6-3-4-7-11(10)13(14)17/h3-4,6-7H,2,5,8H2,1H3. The first-order chi connectivity index (χ1) is 8.15. The number of Topliss-reactive ketones (excluding diaryl/α,β-unsaturated/α-hetero) is 1. The summed E-state index contributed by atoms with van der Waals surface area (Å²) in [5.41, 5.74) is 0.781. The summed E-state index contributed by atoms with van der Waals surface area (Å²) in [4.78, 5) is 36.3. The highest BCUT2D eigenvalue weighted by Gasteiger charge is 2.35. The lowest BCUT2D eigenvalue weighted by Gasteiger charge is -2.12. The first kappa shape index (κ1) is 11.5. The number of imide groups is 1. The number of carbonyl (C=O) groups excluding carboxylic acids is 3. The van der Waals surface area contributed by atoms with E-state index in [2.05, 4.69) is 0 Å². The van der Waals surface area contributed by atoms with Crippen LogP contribution < -0.4 is 0 Å². The van der Waals surface area contributed by atoms with Gasteiger partial charge in [0.1, 0.15) is 0 Å². The van der Waals surface area contributed by atoms with E-state index in [0.29, 0.717) is 17.5 Å². The normalized spacial score (nSPS) is 14.1. The first-order valence-electron chi connectivity index (χ1n) is 5.62. The van der Waals surface area contributed by atoms with Crippen molar-refractivity contribution >= 4 is 17.6 Å². The lowest BCUT2D eigenvalue weighted by molar-refractivity contribution is -0.119. The van der Waals surface area contributed by atoms with Gasteiger partial charge in [-0.2, -0.15) is 0 Å². The zero-order chi connectivity index (χ0) is 12.4. The van der Waals surface area contributed by atoms with Gasteiger partial charge in [-0.1, -0.05) is 19.1 Å². The Balaban J connectivity index is 2.22. The van der Waals surface area contributed by atoms with Crippen LogP contribution in [0.2, 0.25) is 0 Å². The Hall–Kier alpha value is -1.97. The molecule has 1 aliphatic heterocycles. The van der Waals surface area contributed by atoms with Crippen molar-refractivity contribution in [1.82, 2.24) is 4.90 Å². The molecule has 17 heavy (non-hydrogen) atoms. The van der Waals surface area contributed by atoms with Gasteiger partial charge in [0.05, 0.1) is 17.7 Å². The minimum Gasteiger partial charge on any atom is -0.298 e. The largest absolute Gasteiger partial charge is 0.298 e. The van der Waals surface area contributed by atoms with Crippen LogP contribution >= 0.6 is 0 Å². The average Bonchev–Trinajstić information content (AvgIpc) is 2.56. The molecule has 4 nitrogen and oxygen atoms in total. The van der Waals surface area contributed by atoms with Gasteiger partial charge in [0, 0.05) is 6.42 Å². The molecule has 0 bridgehead atoms. The number of hydrogen-bond acceptors (Lipinski definition) is 3. The fraction of sp³-hybridized carbons (Fsp3) is 0.308. The minimum absolute atomic E-state index is 0.0815. The SMILES string of the molecule is CCCC(=O)CN1C(=O)c2ccccc2C1=O. The van der Waals surface area contributed by atoms with E-state index in [9.17, 15) is 14.4 Å². The third kappa shape index (κ3) is 1.98. The fourth-order valence-corrected chi connectivity index (χ4v) is 1.92. The van der Waals surface area contributed by atoms with Crippen molar-refractivity contribution in [1.29, 1.82) is 0 Å². The highest BCUT2D eigenvalue weighted by atomic mass is 16.2. The van der Waals surface area contributed by atoms with Crippen molar-refractivity contribution in [2.24, 2.45) is 0 Å². The lowest BCUT2D eigenvalue weighted by Crippen LogP contribution is -2.34. The number of carbonyl (C=O) groups is 3. The Kier molecular flexibility index (Phi) is 3.04. The Bertz CT molecular complexity index is 458. The third-order valence-electron chi connectivity index (χ3n) is 2.74. The van der Waals surface area contributed by atoms with Crippen molar-refractivity contribution in [2.75, 3.05) is 6.54 Å². The number of benzene rings is 1. The first-order valence-corrected chi connectivity index (χ1v) is 5.62. The highest BCUT2D eigenvalue weighted by molar-refractivity contribution is 6.22. The van der Waals surface area contributed by atoms with Gasteiger partial charge in [-0.15, -0.1) is 0 Å². The molecule has 0 saturated carbocycles. The van der Waals surface area contributed by atoms with Crippen molar-refractivity contribution in [3.05, 3.63) is 35.4 Å². The lowest BCUT2D eigenvalue weighted by atomic mass is 10.1. The zero-order valence-electron chi connectivity index (χ0n) is 9.60. The zero-order valence-corrected chi connectivity index (χ0v) is 9.60. The van der Waals surface area contributed by atoms with Crippen LogP contribution in [0.15, 0.2) is 24.3 Å². The van der Waals surface area contributed by atoms with Crippen LogP contribution in [-0.4, -0.2) is 29.0 Å². The Labute approximate surface area is 99.2 Å². The van der Waals surface area contributed by atoms with Gasteiger partial charge >= 0.3 is 0 Å². The molecule has 0 aliphatic carbocycles. The number of amides is 2. The van der Waals surface area contributed by atoms with Gasteiger partial charge in [0.2, 0.25) is 0 Å². The summed E-state index contributed by atoms with van der Waals surface area (Å²) in [6.45, 7) is 1.78. The minimum atomic E-state index is -0.366. The number of rotatable bonds is 4. The molecule has 0 atom stereocenters.